The molecule has 7 heteroatoms. The van der Waals surface area contributed by atoms with Gasteiger partial charge in [-0.2, -0.15) is 13.2 Å². The van der Waals surface area contributed by atoms with Crippen molar-refractivity contribution in [3.05, 3.63) is 69.8 Å². The van der Waals surface area contributed by atoms with Crippen molar-refractivity contribution in [2.24, 2.45) is 11.8 Å². The second kappa shape index (κ2) is 8.14. The number of rotatable bonds is 3. The summed E-state index contributed by atoms with van der Waals surface area (Å²) in [7, 11) is 0. The van der Waals surface area contributed by atoms with Gasteiger partial charge in [-0.3, -0.25) is 0 Å². The summed E-state index contributed by atoms with van der Waals surface area (Å²) in [4.78, 5) is 0. The fraction of sp³-hybridized carbons (Fsp3) is 0.500. The standard InChI is InChI=1S/C24H23F7/c1-2-3-12-4-5-15-17(7-6-16-18(15)10-14(25)11-19(16)26)22(12)13-8-20(27)23(21(28)9-13)24(29,30)31/h8-12,15,17,22H,2-7H2,1H3. The van der Waals surface area contributed by atoms with Crippen molar-refractivity contribution in [2.75, 3.05) is 0 Å². The van der Waals surface area contributed by atoms with Crippen LogP contribution in [0.4, 0.5) is 30.7 Å². The van der Waals surface area contributed by atoms with Gasteiger partial charge in [0.25, 0.3) is 0 Å². The lowest BCUT2D eigenvalue weighted by atomic mass is 9.57. The highest BCUT2D eigenvalue weighted by molar-refractivity contribution is 5.39. The first-order valence-corrected chi connectivity index (χ1v) is 10.7. The van der Waals surface area contributed by atoms with Crippen LogP contribution in [0, 0.1) is 35.1 Å². The van der Waals surface area contributed by atoms with E-state index < -0.39 is 35.0 Å². The number of benzene rings is 2. The molecule has 0 N–H and O–H groups in total. The maximum absolute atomic E-state index is 14.4. The molecule has 2 aromatic carbocycles. The second-order valence-electron chi connectivity index (χ2n) is 8.77. The molecule has 0 aliphatic heterocycles. The van der Waals surface area contributed by atoms with Gasteiger partial charge in [0.15, 0.2) is 0 Å². The average Bonchev–Trinajstić information content (AvgIpc) is 2.65. The Bertz CT molecular complexity index is 956. The first-order chi connectivity index (χ1) is 14.6. The van der Waals surface area contributed by atoms with Crippen LogP contribution in [0.25, 0.3) is 0 Å². The number of fused-ring (bicyclic) bond motifs is 3. The van der Waals surface area contributed by atoms with Crippen molar-refractivity contribution >= 4 is 0 Å². The largest absolute Gasteiger partial charge is 0.422 e. The number of halogens is 7. The third-order valence-corrected chi connectivity index (χ3v) is 7.05. The molecule has 2 aromatic rings. The van der Waals surface area contributed by atoms with Gasteiger partial charge in [0.05, 0.1) is 0 Å². The molecular formula is C24H23F7. The second-order valence-corrected chi connectivity index (χ2v) is 8.77. The summed E-state index contributed by atoms with van der Waals surface area (Å²) >= 11 is 0. The van der Waals surface area contributed by atoms with Crippen molar-refractivity contribution in [3.8, 4) is 0 Å². The van der Waals surface area contributed by atoms with Crippen LogP contribution in [0.15, 0.2) is 24.3 Å². The lowest BCUT2D eigenvalue weighted by molar-refractivity contribution is -0.142. The molecule has 0 spiro atoms. The van der Waals surface area contributed by atoms with Gasteiger partial charge in [0.2, 0.25) is 0 Å². The maximum atomic E-state index is 14.4. The summed E-state index contributed by atoms with van der Waals surface area (Å²) < 4.78 is 96.2. The molecule has 0 radical (unpaired) electrons. The summed E-state index contributed by atoms with van der Waals surface area (Å²) in [5.74, 6) is -5.16. The molecule has 0 saturated heterocycles. The van der Waals surface area contributed by atoms with E-state index in [0.29, 0.717) is 36.8 Å². The lowest BCUT2D eigenvalue weighted by Gasteiger charge is -2.47. The highest BCUT2D eigenvalue weighted by Gasteiger charge is 2.45. The Morgan fingerprint density at radius 3 is 2.16 bits per heavy atom. The summed E-state index contributed by atoms with van der Waals surface area (Å²) in [6.45, 7) is 1.98. The van der Waals surface area contributed by atoms with Crippen molar-refractivity contribution in [3.63, 3.8) is 0 Å². The van der Waals surface area contributed by atoms with Gasteiger partial charge in [-0.05, 0) is 84.2 Å². The van der Waals surface area contributed by atoms with E-state index in [1.54, 1.807) is 0 Å². The third kappa shape index (κ3) is 3.96. The number of hydrogen-bond donors (Lipinski definition) is 0. The van der Waals surface area contributed by atoms with Gasteiger partial charge in [-0.15, -0.1) is 0 Å². The minimum atomic E-state index is -5.12. The normalized spacial score (nSPS) is 25.8. The predicted octanol–water partition coefficient (Wildman–Crippen LogP) is 7.90. The molecule has 2 aliphatic carbocycles. The molecule has 31 heavy (non-hydrogen) atoms. The molecule has 4 rings (SSSR count). The van der Waals surface area contributed by atoms with Crippen LogP contribution in [0.2, 0.25) is 0 Å². The topological polar surface area (TPSA) is 0 Å². The zero-order valence-electron chi connectivity index (χ0n) is 17.0. The van der Waals surface area contributed by atoms with E-state index in [1.165, 1.54) is 6.07 Å². The number of alkyl halides is 3. The Balaban J connectivity index is 1.79. The van der Waals surface area contributed by atoms with Crippen LogP contribution in [-0.2, 0) is 12.6 Å². The fourth-order valence-corrected chi connectivity index (χ4v) is 5.95. The van der Waals surface area contributed by atoms with Crippen LogP contribution < -0.4 is 0 Å². The molecule has 0 bridgehead atoms. The van der Waals surface area contributed by atoms with Crippen LogP contribution in [0.5, 0.6) is 0 Å². The Labute approximate surface area is 176 Å². The maximum Gasteiger partial charge on any atom is 0.422 e. The Kier molecular flexibility index (Phi) is 5.81. The number of hydrogen-bond acceptors (Lipinski definition) is 0. The van der Waals surface area contributed by atoms with Crippen LogP contribution in [0.3, 0.4) is 0 Å². The SMILES string of the molecule is CCCC1CCC2c3cc(F)cc(F)c3CCC2C1c1cc(F)c(C(F)(F)F)c(F)c1. The highest BCUT2D eigenvalue weighted by Crippen LogP contribution is 2.55. The molecule has 168 valence electrons. The molecule has 0 nitrogen and oxygen atoms in total. The van der Waals surface area contributed by atoms with Crippen molar-refractivity contribution in [1.82, 2.24) is 0 Å². The van der Waals surface area contributed by atoms with Gasteiger partial charge in [-0.25, -0.2) is 17.6 Å². The summed E-state index contributed by atoms with van der Waals surface area (Å²) in [6, 6.07) is 3.81. The minimum absolute atomic E-state index is 0.0433. The summed E-state index contributed by atoms with van der Waals surface area (Å²) in [5, 5.41) is 0. The Hall–Kier alpha value is -2.05. The van der Waals surface area contributed by atoms with Gasteiger partial charge in [-0.1, -0.05) is 19.8 Å². The third-order valence-electron chi connectivity index (χ3n) is 7.05. The van der Waals surface area contributed by atoms with E-state index >= 15 is 0 Å². The molecule has 1 fully saturated rings. The zero-order chi connectivity index (χ0) is 22.5. The van der Waals surface area contributed by atoms with E-state index in [-0.39, 0.29) is 29.2 Å². The first-order valence-electron chi connectivity index (χ1n) is 10.7. The van der Waals surface area contributed by atoms with Crippen LogP contribution in [-0.4, -0.2) is 0 Å². The van der Waals surface area contributed by atoms with E-state index in [9.17, 15) is 30.7 Å². The molecule has 0 aromatic heterocycles. The van der Waals surface area contributed by atoms with Gasteiger partial charge in [0.1, 0.15) is 28.8 Å². The molecule has 0 heterocycles. The van der Waals surface area contributed by atoms with Gasteiger partial charge >= 0.3 is 6.18 Å². The van der Waals surface area contributed by atoms with Gasteiger partial charge in [0, 0.05) is 6.07 Å². The lowest BCUT2D eigenvalue weighted by Crippen LogP contribution is -2.36. The van der Waals surface area contributed by atoms with E-state index in [2.05, 4.69) is 0 Å². The summed E-state index contributed by atoms with van der Waals surface area (Å²) in [6.07, 6.45) is -1.26. The highest BCUT2D eigenvalue weighted by atomic mass is 19.4. The Morgan fingerprint density at radius 2 is 1.55 bits per heavy atom. The minimum Gasteiger partial charge on any atom is -0.207 e. The summed E-state index contributed by atoms with van der Waals surface area (Å²) in [5.41, 5.74) is -0.619. The van der Waals surface area contributed by atoms with Crippen molar-refractivity contribution < 1.29 is 30.7 Å². The van der Waals surface area contributed by atoms with Gasteiger partial charge < -0.3 is 0 Å². The van der Waals surface area contributed by atoms with Crippen molar-refractivity contribution in [1.29, 1.82) is 0 Å². The smallest absolute Gasteiger partial charge is 0.207 e. The quantitative estimate of drug-likeness (QED) is 0.422. The predicted molar refractivity (Wildman–Crippen MR) is 103 cm³/mol. The monoisotopic (exact) mass is 444 g/mol. The molecule has 2 aliphatic rings. The molecular weight excluding hydrogens is 421 g/mol. The van der Waals surface area contributed by atoms with Crippen LogP contribution in [0.1, 0.15) is 73.1 Å². The zero-order valence-corrected chi connectivity index (χ0v) is 17.0. The average molecular weight is 444 g/mol. The van der Waals surface area contributed by atoms with Crippen molar-refractivity contribution in [2.45, 2.75) is 63.5 Å². The Morgan fingerprint density at radius 1 is 0.871 bits per heavy atom. The van der Waals surface area contributed by atoms with E-state index in [1.807, 2.05) is 6.92 Å². The molecule has 4 unspecified atom stereocenters. The van der Waals surface area contributed by atoms with E-state index in [4.69, 9.17) is 0 Å². The van der Waals surface area contributed by atoms with E-state index in [0.717, 1.165) is 31.0 Å². The first kappa shape index (κ1) is 22.2. The molecule has 1 saturated carbocycles. The molecule has 0 amide bonds. The molecule has 4 atom stereocenters. The van der Waals surface area contributed by atoms with Crippen LogP contribution >= 0.6 is 0 Å². The fourth-order valence-electron chi connectivity index (χ4n) is 5.95.